The van der Waals surface area contributed by atoms with E-state index in [1.54, 1.807) is 4.90 Å². The molecule has 136 valence electrons. The normalized spacial score (nSPS) is 17.4. The minimum atomic E-state index is -4.43. The minimum Gasteiger partial charge on any atom is -0.352 e. The van der Waals surface area contributed by atoms with E-state index in [4.69, 9.17) is 0 Å². The van der Waals surface area contributed by atoms with Crippen LogP contribution in [-0.2, 0) is 11.0 Å². The molecule has 4 nitrogen and oxygen atoms in total. The molecule has 0 bridgehead atoms. The van der Waals surface area contributed by atoms with Crippen LogP contribution in [0.4, 0.5) is 18.9 Å². The summed E-state index contributed by atoms with van der Waals surface area (Å²) in [6.45, 7) is 0.783. The summed E-state index contributed by atoms with van der Waals surface area (Å²) in [7, 11) is 0. The Labute approximate surface area is 148 Å². The number of carbonyl (C=O) groups excluding carboxylic acids is 2. The van der Waals surface area contributed by atoms with Crippen molar-refractivity contribution in [1.82, 2.24) is 5.32 Å². The van der Waals surface area contributed by atoms with Gasteiger partial charge in [0.25, 0.3) is 5.91 Å². The lowest BCUT2D eigenvalue weighted by molar-refractivity contribution is -0.137. The Bertz CT molecular complexity index is 789. The summed E-state index contributed by atoms with van der Waals surface area (Å²) in [6, 6.07) is 13.3. The summed E-state index contributed by atoms with van der Waals surface area (Å²) in [6.07, 6.45) is -4.11. The maximum atomic E-state index is 12.5. The Hall–Kier alpha value is -2.83. The quantitative estimate of drug-likeness (QED) is 0.905. The van der Waals surface area contributed by atoms with Gasteiger partial charge in [-0.15, -0.1) is 0 Å². The van der Waals surface area contributed by atoms with Gasteiger partial charge < -0.3 is 10.2 Å². The summed E-state index contributed by atoms with van der Waals surface area (Å²) >= 11 is 0. The fourth-order valence-corrected chi connectivity index (χ4v) is 2.93. The maximum absolute atomic E-state index is 12.5. The van der Waals surface area contributed by atoms with Gasteiger partial charge in [-0.3, -0.25) is 9.59 Å². The second-order valence-electron chi connectivity index (χ2n) is 6.20. The van der Waals surface area contributed by atoms with Gasteiger partial charge in [0, 0.05) is 36.7 Å². The van der Waals surface area contributed by atoms with Crippen LogP contribution in [0.2, 0.25) is 0 Å². The lowest BCUT2D eigenvalue weighted by atomic mass is 10.1. The second-order valence-corrected chi connectivity index (χ2v) is 6.20. The Morgan fingerprint density at radius 2 is 1.73 bits per heavy atom. The zero-order chi connectivity index (χ0) is 18.7. The van der Waals surface area contributed by atoms with Crippen molar-refractivity contribution in [2.24, 2.45) is 5.92 Å². The van der Waals surface area contributed by atoms with Gasteiger partial charge in [0.15, 0.2) is 0 Å². The van der Waals surface area contributed by atoms with Crippen LogP contribution < -0.4 is 10.2 Å². The molecule has 1 heterocycles. The predicted molar refractivity (Wildman–Crippen MR) is 90.7 cm³/mol. The van der Waals surface area contributed by atoms with Gasteiger partial charge in [0.2, 0.25) is 5.91 Å². The molecule has 1 atom stereocenters. The first-order valence-electron chi connectivity index (χ1n) is 8.15. The van der Waals surface area contributed by atoms with Crippen LogP contribution in [0.5, 0.6) is 0 Å². The van der Waals surface area contributed by atoms with Crippen molar-refractivity contribution in [1.29, 1.82) is 0 Å². The van der Waals surface area contributed by atoms with E-state index in [0.717, 1.165) is 30.0 Å². The van der Waals surface area contributed by atoms with Crippen molar-refractivity contribution in [3.05, 3.63) is 65.7 Å². The van der Waals surface area contributed by atoms with Crippen molar-refractivity contribution in [2.75, 3.05) is 18.0 Å². The van der Waals surface area contributed by atoms with Gasteiger partial charge in [-0.25, -0.2) is 0 Å². The topological polar surface area (TPSA) is 49.4 Å². The molecular formula is C19H17F3N2O2. The SMILES string of the molecule is O=C(NCC1CC(=O)N(c2ccccc2)C1)c1ccc(C(F)(F)F)cc1. The lowest BCUT2D eigenvalue weighted by Crippen LogP contribution is -2.31. The molecule has 0 saturated carbocycles. The molecule has 2 aromatic rings. The number of benzene rings is 2. The van der Waals surface area contributed by atoms with Gasteiger partial charge in [-0.05, 0) is 36.4 Å². The minimum absolute atomic E-state index is 0.00928. The third kappa shape index (κ3) is 4.04. The van der Waals surface area contributed by atoms with Gasteiger partial charge >= 0.3 is 6.18 Å². The van der Waals surface area contributed by atoms with Gasteiger partial charge in [-0.1, -0.05) is 18.2 Å². The van der Waals surface area contributed by atoms with Crippen LogP contribution in [0.1, 0.15) is 22.3 Å². The molecule has 1 aliphatic heterocycles. The first kappa shape index (κ1) is 18.0. The van der Waals surface area contributed by atoms with Gasteiger partial charge in [0.05, 0.1) is 5.56 Å². The zero-order valence-electron chi connectivity index (χ0n) is 13.8. The smallest absolute Gasteiger partial charge is 0.352 e. The highest BCUT2D eigenvalue weighted by Crippen LogP contribution is 2.29. The predicted octanol–water partition coefficient (Wildman–Crippen LogP) is 3.49. The molecule has 0 aliphatic carbocycles. The maximum Gasteiger partial charge on any atom is 0.416 e. The van der Waals surface area contributed by atoms with Gasteiger partial charge in [0.1, 0.15) is 0 Å². The average Bonchev–Trinajstić information content (AvgIpc) is 3.00. The number of hydrogen-bond donors (Lipinski definition) is 1. The Kier molecular flexibility index (Phi) is 4.97. The Morgan fingerprint density at radius 1 is 1.08 bits per heavy atom. The third-order valence-corrected chi connectivity index (χ3v) is 4.30. The van der Waals surface area contributed by atoms with E-state index in [-0.39, 0.29) is 23.9 Å². The number of rotatable bonds is 4. The van der Waals surface area contributed by atoms with Crippen LogP contribution in [0, 0.1) is 5.92 Å². The average molecular weight is 362 g/mol. The molecule has 0 radical (unpaired) electrons. The third-order valence-electron chi connectivity index (χ3n) is 4.30. The van der Waals surface area contributed by atoms with E-state index >= 15 is 0 Å². The number of nitrogens with one attached hydrogen (secondary N) is 1. The molecule has 2 amide bonds. The number of carbonyl (C=O) groups is 2. The Morgan fingerprint density at radius 3 is 2.35 bits per heavy atom. The zero-order valence-corrected chi connectivity index (χ0v) is 13.8. The molecule has 2 aromatic carbocycles. The van der Waals surface area contributed by atoms with Crippen LogP contribution in [0.3, 0.4) is 0 Å². The molecular weight excluding hydrogens is 345 g/mol. The van der Waals surface area contributed by atoms with Crippen molar-refractivity contribution in [3.8, 4) is 0 Å². The van der Waals surface area contributed by atoms with Crippen molar-refractivity contribution in [3.63, 3.8) is 0 Å². The Balaban J connectivity index is 1.56. The fraction of sp³-hybridized carbons (Fsp3) is 0.263. The number of anilines is 1. The number of halogens is 3. The van der Waals surface area contributed by atoms with E-state index in [1.165, 1.54) is 0 Å². The summed E-state index contributed by atoms with van der Waals surface area (Å²) in [5, 5.41) is 2.69. The van der Waals surface area contributed by atoms with Crippen LogP contribution in [0.25, 0.3) is 0 Å². The molecule has 1 saturated heterocycles. The highest BCUT2D eigenvalue weighted by atomic mass is 19.4. The first-order chi connectivity index (χ1) is 12.3. The number of nitrogens with zero attached hydrogens (tertiary/aromatic N) is 1. The summed E-state index contributed by atoms with van der Waals surface area (Å²) in [5.74, 6) is -0.504. The molecule has 7 heteroatoms. The largest absolute Gasteiger partial charge is 0.416 e. The fourth-order valence-electron chi connectivity index (χ4n) is 2.93. The molecule has 26 heavy (non-hydrogen) atoms. The van der Waals surface area contributed by atoms with E-state index < -0.39 is 17.6 Å². The first-order valence-corrected chi connectivity index (χ1v) is 8.15. The van der Waals surface area contributed by atoms with Crippen LogP contribution in [-0.4, -0.2) is 24.9 Å². The molecule has 1 fully saturated rings. The number of amides is 2. The standard InChI is InChI=1S/C19H17F3N2O2/c20-19(21,22)15-8-6-14(7-9-15)18(26)23-11-13-10-17(25)24(12-13)16-4-2-1-3-5-16/h1-9,13H,10-12H2,(H,23,26). The van der Waals surface area contributed by atoms with E-state index in [2.05, 4.69) is 5.32 Å². The van der Waals surface area contributed by atoms with Gasteiger partial charge in [-0.2, -0.15) is 13.2 Å². The monoisotopic (exact) mass is 362 g/mol. The van der Waals surface area contributed by atoms with E-state index in [1.807, 2.05) is 30.3 Å². The van der Waals surface area contributed by atoms with Crippen molar-refractivity contribution >= 4 is 17.5 Å². The second kappa shape index (κ2) is 7.19. The highest BCUT2D eigenvalue weighted by Gasteiger charge is 2.31. The summed E-state index contributed by atoms with van der Waals surface area (Å²) < 4.78 is 37.6. The summed E-state index contributed by atoms with van der Waals surface area (Å²) in [4.78, 5) is 25.9. The molecule has 0 aromatic heterocycles. The van der Waals surface area contributed by atoms with Crippen molar-refractivity contribution < 1.29 is 22.8 Å². The molecule has 1 aliphatic rings. The summed E-state index contributed by atoms with van der Waals surface area (Å²) in [5.41, 5.74) is 0.172. The highest BCUT2D eigenvalue weighted by molar-refractivity contribution is 5.96. The molecule has 3 rings (SSSR count). The van der Waals surface area contributed by atoms with Crippen molar-refractivity contribution in [2.45, 2.75) is 12.6 Å². The molecule has 1 N–H and O–H groups in total. The van der Waals surface area contributed by atoms with Crippen LogP contribution >= 0.6 is 0 Å². The van der Waals surface area contributed by atoms with E-state index in [0.29, 0.717) is 13.0 Å². The molecule has 0 spiro atoms. The lowest BCUT2D eigenvalue weighted by Gasteiger charge is -2.17. The number of hydrogen-bond acceptors (Lipinski definition) is 2. The van der Waals surface area contributed by atoms with Crippen LogP contribution in [0.15, 0.2) is 54.6 Å². The van der Waals surface area contributed by atoms with E-state index in [9.17, 15) is 22.8 Å². The number of para-hydroxylation sites is 1. The number of alkyl halides is 3. The molecule has 1 unspecified atom stereocenters.